The van der Waals surface area contributed by atoms with Crippen LogP contribution in [0.3, 0.4) is 0 Å². The van der Waals surface area contributed by atoms with Gasteiger partial charge in [0.15, 0.2) is 6.10 Å². The molecule has 0 aromatic rings. The molecule has 5 nitrogen and oxygen atoms in total. The first-order chi connectivity index (χ1) is 30.6. The fraction of sp³-hybridized carbons (Fsp3) is 0.614. The predicted octanol–water partition coefficient (Wildman–Crippen LogP) is 17.0. The summed E-state index contributed by atoms with van der Waals surface area (Å²) in [5.74, 6) is -0.525. The maximum absolute atomic E-state index is 12.8. The minimum absolute atomic E-state index is 0.0291. The molecule has 0 amide bonds. The number of carbonyl (C=O) groups is 2. The van der Waals surface area contributed by atoms with Gasteiger partial charge < -0.3 is 14.2 Å². The number of unbranched alkanes of at least 4 members (excludes halogenated alkanes) is 13. The average molecular weight is 857 g/mol. The third-order valence-electron chi connectivity index (χ3n) is 9.96. The number of ether oxygens (including phenoxy) is 3. The summed E-state index contributed by atoms with van der Waals surface area (Å²) in [4.78, 5) is 25.3. The number of hydrogen-bond acceptors (Lipinski definition) is 5. The molecule has 0 radical (unpaired) electrons. The Balaban J connectivity index is 4.47. The Bertz CT molecular complexity index is 1290. The lowest BCUT2D eigenvalue weighted by atomic mass is 10.1. The highest BCUT2D eigenvalue weighted by Gasteiger charge is 2.17. The van der Waals surface area contributed by atoms with Gasteiger partial charge in [-0.05, 0) is 122 Å². The van der Waals surface area contributed by atoms with Crippen molar-refractivity contribution in [2.45, 2.75) is 207 Å². The highest BCUT2D eigenvalue weighted by atomic mass is 16.6. The van der Waals surface area contributed by atoms with Crippen LogP contribution in [0.4, 0.5) is 0 Å². The zero-order valence-electron chi connectivity index (χ0n) is 40.1. The SMILES string of the molecule is CC/C=C\C/C=C\C/C=C\C/C=C\C/C=C\CCCC(=O)OCC(COCCCCCCCC/C=C\CCCCCC)OC(=O)CCCC/C=C\C/C=C\C/C=C\C/C=C\CC. The molecule has 0 saturated carbocycles. The molecule has 0 aliphatic rings. The van der Waals surface area contributed by atoms with Gasteiger partial charge in [-0.1, -0.05) is 187 Å². The molecule has 0 bridgehead atoms. The van der Waals surface area contributed by atoms with Crippen molar-refractivity contribution >= 4 is 11.9 Å². The second kappa shape index (κ2) is 51.6. The fourth-order valence-electron chi connectivity index (χ4n) is 6.29. The van der Waals surface area contributed by atoms with E-state index in [0.717, 1.165) is 103 Å². The van der Waals surface area contributed by atoms with Crippen LogP contribution in [-0.4, -0.2) is 37.9 Å². The molecule has 0 N–H and O–H groups in total. The summed E-state index contributed by atoms with van der Waals surface area (Å²) >= 11 is 0. The van der Waals surface area contributed by atoms with E-state index in [1.165, 1.54) is 64.2 Å². The lowest BCUT2D eigenvalue weighted by Gasteiger charge is -2.18. The minimum Gasteiger partial charge on any atom is -0.462 e. The van der Waals surface area contributed by atoms with Crippen LogP contribution >= 0.6 is 0 Å². The Labute approximate surface area is 382 Å². The van der Waals surface area contributed by atoms with Crippen LogP contribution < -0.4 is 0 Å². The molecule has 0 aliphatic heterocycles. The highest BCUT2D eigenvalue weighted by molar-refractivity contribution is 5.70. The van der Waals surface area contributed by atoms with Crippen LogP contribution in [0.15, 0.2) is 122 Å². The summed E-state index contributed by atoms with van der Waals surface area (Å²) in [6, 6.07) is 0. The number of hydrogen-bond donors (Lipinski definition) is 0. The second-order valence-electron chi connectivity index (χ2n) is 15.9. The Hall–Kier alpha value is -3.70. The summed E-state index contributed by atoms with van der Waals surface area (Å²) in [6.45, 7) is 7.45. The Morgan fingerprint density at radius 2 is 0.742 bits per heavy atom. The van der Waals surface area contributed by atoms with Crippen molar-refractivity contribution in [2.24, 2.45) is 0 Å². The largest absolute Gasteiger partial charge is 0.462 e. The van der Waals surface area contributed by atoms with Crippen LogP contribution in [0.5, 0.6) is 0 Å². The lowest BCUT2D eigenvalue weighted by Crippen LogP contribution is -2.30. The van der Waals surface area contributed by atoms with Crippen molar-refractivity contribution < 1.29 is 23.8 Å². The quantitative estimate of drug-likeness (QED) is 0.0347. The van der Waals surface area contributed by atoms with E-state index in [4.69, 9.17) is 14.2 Å². The van der Waals surface area contributed by atoms with Crippen LogP contribution in [0, 0.1) is 0 Å². The van der Waals surface area contributed by atoms with Gasteiger partial charge in [-0.3, -0.25) is 9.59 Å². The summed E-state index contributed by atoms with van der Waals surface area (Å²) in [5.41, 5.74) is 0. The van der Waals surface area contributed by atoms with Crippen molar-refractivity contribution in [3.63, 3.8) is 0 Å². The van der Waals surface area contributed by atoms with E-state index in [9.17, 15) is 9.59 Å². The zero-order chi connectivity index (χ0) is 44.9. The third kappa shape index (κ3) is 49.0. The second-order valence-corrected chi connectivity index (χ2v) is 15.9. The molecule has 1 atom stereocenters. The molecule has 350 valence electrons. The van der Waals surface area contributed by atoms with Crippen LogP contribution in [-0.2, 0) is 23.8 Å². The molecule has 0 saturated heterocycles. The lowest BCUT2D eigenvalue weighted by molar-refractivity contribution is -0.162. The van der Waals surface area contributed by atoms with E-state index in [2.05, 4.69) is 142 Å². The zero-order valence-corrected chi connectivity index (χ0v) is 40.1. The molecular weight excluding hydrogens is 765 g/mol. The maximum atomic E-state index is 12.8. The average Bonchev–Trinajstić information content (AvgIpc) is 3.27. The van der Waals surface area contributed by atoms with Crippen molar-refractivity contribution in [3.8, 4) is 0 Å². The van der Waals surface area contributed by atoms with Gasteiger partial charge in [0, 0.05) is 19.4 Å². The molecule has 5 heteroatoms. The van der Waals surface area contributed by atoms with Gasteiger partial charge in [0.25, 0.3) is 0 Å². The minimum atomic E-state index is -0.591. The Morgan fingerprint density at radius 3 is 1.23 bits per heavy atom. The summed E-state index contributed by atoms with van der Waals surface area (Å²) in [7, 11) is 0. The normalized spacial score (nSPS) is 13.3. The van der Waals surface area contributed by atoms with Crippen molar-refractivity contribution in [2.75, 3.05) is 19.8 Å². The first kappa shape index (κ1) is 58.3. The van der Waals surface area contributed by atoms with E-state index < -0.39 is 6.10 Å². The van der Waals surface area contributed by atoms with Crippen molar-refractivity contribution in [1.82, 2.24) is 0 Å². The standard InChI is InChI=1S/C57H92O5/c1-4-7-10-13-16-19-22-25-28-29-31-32-35-38-41-44-47-50-56(58)61-54-55(53-60-52-49-46-43-40-37-34-27-24-21-18-15-12-9-6-3)62-57(59)51-48-45-42-39-36-33-30-26-23-20-17-14-11-8-5-2/h7-8,10-11,16-17,19-21,24-26,28,30-32,36,38-39,41,55H,4-6,9,12-15,18,22-23,27,29,33-35,37,40,42-54H2,1-3H3/b10-7-,11-8-,19-16-,20-17-,24-21-,28-25-,30-26-,32-31-,39-36-,41-38-. The molecule has 62 heavy (non-hydrogen) atoms. The number of allylic oxidation sites excluding steroid dienone is 20. The van der Waals surface area contributed by atoms with Gasteiger partial charge in [0.05, 0.1) is 6.61 Å². The summed E-state index contributed by atoms with van der Waals surface area (Å²) in [6.07, 6.45) is 72.1. The van der Waals surface area contributed by atoms with E-state index in [1.54, 1.807) is 0 Å². The molecule has 0 aromatic heterocycles. The number of carbonyl (C=O) groups excluding carboxylic acids is 2. The van der Waals surface area contributed by atoms with E-state index >= 15 is 0 Å². The third-order valence-corrected chi connectivity index (χ3v) is 9.96. The number of esters is 2. The first-order valence-electron chi connectivity index (χ1n) is 25.1. The monoisotopic (exact) mass is 857 g/mol. The predicted molar refractivity (Wildman–Crippen MR) is 269 cm³/mol. The van der Waals surface area contributed by atoms with Gasteiger partial charge >= 0.3 is 11.9 Å². The van der Waals surface area contributed by atoms with E-state index in [-0.39, 0.29) is 25.2 Å². The van der Waals surface area contributed by atoms with Gasteiger partial charge in [0.2, 0.25) is 0 Å². The fourth-order valence-corrected chi connectivity index (χ4v) is 6.29. The van der Waals surface area contributed by atoms with Gasteiger partial charge in [-0.15, -0.1) is 0 Å². The molecular formula is C57H92O5. The van der Waals surface area contributed by atoms with Gasteiger partial charge in [-0.2, -0.15) is 0 Å². The number of rotatable bonds is 44. The molecule has 0 aromatic carbocycles. The smallest absolute Gasteiger partial charge is 0.306 e. The molecule has 0 fully saturated rings. The Morgan fingerprint density at radius 1 is 0.371 bits per heavy atom. The van der Waals surface area contributed by atoms with E-state index in [1.807, 2.05) is 0 Å². The molecule has 0 spiro atoms. The van der Waals surface area contributed by atoms with Crippen LogP contribution in [0.1, 0.15) is 201 Å². The van der Waals surface area contributed by atoms with Gasteiger partial charge in [0.1, 0.15) is 6.61 Å². The summed E-state index contributed by atoms with van der Waals surface area (Å²) in [5, 5.41) is 0. The highest BCUT2D eigenvalue weighted by Crippen LogP contribution is 2.11. The molecule has 0 rings (SSSR count). The van der Waals surface area contributed by atoms with Crippen LogP contribution in [0.25, 0.3) is 0 Å². The van der Waals surface area contributed by atoms with Crippen molar-refractivity contribution in [3.05, 3.63) is 122 Å². The van der Waals surface area contributed by atoms with Crippen LogP contribution in [0.2, 0.25) is 0 Å². The summed E-state index contributed by atoms with van der Waals surface area (Å²) < 4.78 is 17.3. The molecule has 0 heterocycles. The molecule has 1 unspecified atom stereocenters. The first-order valence-corrected chi connectivity index (χ1v) is 25.1. The molecule has 0 aliphatic carbocycles. The van der Waals surface area contributed by atoms with Gasteiger partial charge in [-0.25, -0.2) is 0 Å². The van der Waals surface area contributed by atoms with Crippen molar-refractivity contribution in [1.29, 1.82) is 0 Å². The maximum Gasteiger partial charge on any atom is 0.306 e. The Kier molecular flexibility index (Phi) is 48.6. The topological polar surface area (TPSA) is 61.8 Å². The van der Waals surface area contributed by atoms with E-state index in [0.29, 0.717) is 19.4 Å².